The molecule has 2 aliphatic rings. The van der Waals surface area contributed by atoms with Crippen molar-refractivity contribution in [3.63, 3.8) is 0 Å². The quantitative estimate of drug-likeness (QED) is 0.161. The van der Waals surface area contributed by atoms with Gasteiger partial charge in [0.25, 0.3) is 0 Å². The molecule has 0 amide bonds. The first-order chi connectivity index (χ1) is 28.0. The third kappa shape index (κ3) is 5.54. The molecule has 0 radical (unpaired) electrons. The molecule has 0 spiro atoms. The number of furan rings is 1. The van der Waals surface area contributed by atoms with Gasteiger partial charge >= 0.3 is 21.1 Å². The normalized spacial score (nSPS) is 15.9. The van der Waals surface area contributed by atoms with Crippen LogP contribution >= 0.6 is 0 Å². The zero-order valence-corrected chi connectivity index (χ0v) is 34.6. The molecule has 1 fully saturated rings. The summed E-state index contributed by atoms with van der Waals surface area (Å²) in [5.41, 5.74) is 12.1. The van der Waals surface area contributed by atoms with E-state index in [1.54, 1.807) is 0 Å². The van der Waals surface area contributed by atoms with Crippen molar-refractivity contribution >= 4 is 60.6 Å². The molecular weight excluding hydrogens is 898 g/mol. The maximum absolute atomic E-state index is 6.84. The van der Waals surface area contributed by atoms with Crippen LogP contribution in [-0.4, -0.2) is 23.9 Å². The molecule has 1 saturated carbocycles. The summed E-state index contributed by atoms with van der Waals surface area (Å²) in [5.74, 6) is 4.21. The molecule has 2 aliphatic carbocycles. The number of pyridine rings is 2. The van der Waals surface area contributed by atoms with E-state index in [9.17, 15) is 0 Å². The fraction of sp³-hybridized carbons (Fsp3) is 0.220. The zero-order chi connectivity index (χ0) is 37.8. The van der Waals surface area contributed by atoms with Crippen molar-refractivity contribution in [2.75, 3.05) is 0 Å². The van der Waals surface area contributed by atoms with Gasteiger partial charge in [-0.05, 0) is 95.5 Å². The van der Waals surface area contributed by atoms with E-state index in [0.717, 1.165) is 108 Å². The van der Waals surface area contributed by atoms with E-state index in [4.69, 9.17) is 24.1 Å². The Balaban J connectivity index is 0.00000385. The summed E-state index contributed by atoms with van der Waals surface area (Å²) in [4.78, 5) is 15.0. The van der Waals surface area contributed by atoms with E-state index < -0.39 is 0 Å². The minimum atomic E-state index is 0. The second-order valence-electron chi connectivity index (χ2n) is 16.3. The molecule has 0 saturated heterocycles. The maximum Gasteiger partial charge on any atom is 2.00 e. The van der Waals surface area contributed by atoms with E-state index in [2.05, 4.69) is 102 Å². The van der Waals surface area contributed by atoms with E-state index in [1.807, 2.05) is 36.5 Å². The van der Waals surface area contributed by atoms with Gasteiger partial charge in [-0.15, -0.1) is 18.2 Å². The van der Waals surface area contributed by atoms with Crippen LogP contribution in [0, 0.1) is 37.8 Å². The van der Waals surface area contributed by atoms with Crippen LogP contribution in [0.2, 0.25) is 0 Å². The minimum absolute atomic E-state index is 0. The molecule has 5 heterocycles. The Labute approximate surface area is 350 Å². The number of hydrogen-bond acceptors (Lipinski definition) is 5. The topological polar surface area (TPSA) is 70.4 Å². The summed E-state index contributed by atoms with van der Waals surface area (Å²) in [6.45, 7) is 4.19. The first-order valence-corrected chi connectivity index (χ1v) is 20.3. The van der Waals surface area contributed by atoms with Crippen molar-refractivity contribution in [2.24, 2.45) is 11.8 Å². The Kier molecular flexibility index (Phi) is 8.34. The Bertz CT molecular complexity index is 3260. The van der Waals surface area contributed by atoms with Crippen molar-refractivity contribution < 1.29 is 30.2 Å². The number of para-hydroxylation sites is 2. The first-order valence-electron chi connectivity index (χ1n) is 20.3. The van der Waals surface area contributed by atoms with Crippen LogP contribution in [0.1, 0.15) is 54.4 Å². The van der Waals surface area contributed by atoms with Crippen LogP contribution in [0.5, 0.6) is 11.5 Å². The molecule has 1 atom stereocenters. The molecular formula is C50H39N5O2Pt. The standard InChI is InChI=1S/C50H39N5O2.Pt/c1-29-20-47(52-27-30(29)2)55-46-26-36(17-19-45(46)54-44-15-9-8-14-42(44)53-50(54)55)56-37-24-40-39-18-16-32-12-6-7-13-38(32)48(39)57-49(40)41(25-37)43-23-34-21-33(22-35(34)28-51-43)31-10-4-3-5-11-31;/h6-9,12-20,23-24,27-28,31,33H,3-5,10-11,21-22H2,1-2H3;/q-2;+2. The number of fused-ring (bicyclic) bond motifs is 11. The molecule has 12 rings (SSSR count). The average Bonchev–Trinajstić information content (AvgIpc) is 4.02. The van der Waals surface area contributed by atoms with Gasteiger partial charge in [-0.3, -0.25) is 4.57 Å². The van der Waals surface area contributed by atoms with Crippen LogP contribution in [0.15, 0.2) is 108 Å². The largest absolute Gasteiger partial charge is 2.00 e. The van der Waals surface area contributed by atoms with Crippen LogP contribution in [0.4, 0.5) is 0 Å². The molecule has 1 unspecified atom stereocenters. The fourth-order valence-electron chi connectivity index (χ4n) is 9.80. The van der Waals surface area contributed by atoms with Gasteiger partial charge in [0.05, 0.1) is 16.6 Å². The molecule has 10 aromatic rings. The molecule has 0 bridgehead atoms. The van der Waals surface area contributed by atoms with Gasteiger partial charge in [0, 0.05) is 34.7 Å². The molecule has 8 heteroatoms. The average molecular weight is 937 g/mol. The number of hydrogen-bond donors (Lipinski definition) is 0. The predicted octanol–water partition coefficient (Wildman–Crippen LogP) is 12.2. The number of aromatic nitrogens is 5. The molecule has 58 heavy (non-hydrogen) atoms. The Morgan fingerprint density at radius 1 is 0.690 bits per heavy atom. The Hall–Kier alpha value is -5.78. The zero-order valence-electron chi connectivity index (χ0n) is 32.3. The summed E-state index contributed by atoms with van der Waals surface area (Å²) in [5, 5.41) is 4.22. The van der Waals surface area contributed by atoms with Crippen LogP contribution in [0.25, 0.3) is 77.6 Å². The maximum atomic E-state index is 6.84. The van der Waals surface area contributed by atoms with Crippen LogP contribution < -0.4 is 4.74 Å². The van der Waals surface area contributed by atoms with Gasteiger partial charge in [0.2, 0.25) is 5.78 Å². The second kappa shape index (κ2) is 13.7. The van der Waals surface area contributed by atoms with Gasteiger partial charge in [-0.1, -0.05) is 115 Å². The minimum Gasteiger partial charge on any atom is -0.503 e. The van der Waals surface area contributed by atoms with E-state index in [-0.39, 0.29) is 21.1 Å². The van der Waals surface area contributed by atoms with Crippen molar-refractivity contribution in [3.8, 4) is 28.6 Å². The van der Waals surface area contributed by atoms with Gasteiger partial charge < -0.3 is 18.5 Å². The van der Waals surface area contributed by atoms with E-state index >= 15 is 0 Å². The predicted molar refractivity (Wildman–Crippen MR) is 226 cm³/mol. The summed E-state index contributed by atoms with van der Waals surface area (Å²) in [6, 6.07) is 38.7. The summed E-state index contributed by atoms with van der Waals surface area (Å²) < 4.78 is 17.9. The fourth-order valence-corrected chi connectivity index (χ4v) is 9.80. The molecule has 5 aromatic heterocycles. The van der Waals surface area contributed by atoms with E-state index in [0.29, 0.717) is 17.4 Å². The second-order valence-corrected chi connectivity index (χ2v) is 16.3. The third-order valence-corrected chi connectivity index (χ3v) is 12.9. The molecule has 0 N–H and O–H groups in total. The van der Waals surface area contributed by atoms with Crippen LogP contribution in [0.3, 0.4) is 0 Å². The Morgan fingerprint density at radius 2 is 1.53 bits per heavy atom. The van der Waals surface area contributed by atoms with E-state index in [1.165, 1.54) is 43.2 Å². The van der Waals surface area contributed by atoms with Crippen molar-refractivity contribution in [2.45, 2.75) is 58.8 Å². The smallest absolute Gasteiger partial charge is 0.503 e. The van der Waals surface area contributed by atoms with Crippen molar-refractivity contribution in [3.05, 3.63) is 138 Å². The van der Waals surface area contributed by atoms with Gasteiger partial charge in [0.15, 0.2) is 0 Å². The van der Waals surface area contributed by atoms with Crippen LogP contribution in [-0.2, 0) is 33.9 Å². The number of imidazole rings is 2. The SMILES string of the molecule is Cc1cnc(-n2c3[c-]c(Oc4[c-]c(-c5cc6c(cn5)CC(C5CCCCC5)C6)c5oc6c7ccccc7ccc6c5c4)ccc3n3c4ccccc4nc23)cc1C.[Pt+2]. The van der Waals surface area contributed by atoms with Gasteiger partial charge in [-0.2, -0.15) is 0 Å². The molecule has 5 aromatic carbocycles. The van der Waals surface area contributed by atoms with Gasteiger partial charge in [-0.25, -0.2) is 9.97 Å². The number of benzene rings is 5. The first kappa shape index (κ1) is 35.4. The number of ether oxygens (including phenoxy) is 1. The summed E-state index contributed by atoms with van der Waals surface area (Å²) in [7, 11) is 0. The summed E-state index contributed by atoms with van der Waals surface area (Å²) >= 11 is 0. The van der Waals surface area contributed by atoms with Gasteiger partial charge in [0.1, 0.15) is 11.4 Å². The third-order valence-electron chi connectivity index (χ3n) is 12.9. The monoisotopic (exact) mass is 936 g/mol. The number of nitrogens with zero attached hydrogens (tertiary/aromatic N) is 5. The van der Waals surface area contributed by atoms with Crippen molar-refractivity contribution in [1.29, 1.82) is 0 Å². The summed E-state index contributed by atoms with van der Waals surface area (Å²) in [6.07, 6.45) is 13.1. The molecule has 286 valence electrons. The Morgan fingerprint density at radius 3 is 2.43 bits per heavy atom. The molecule has 7 nitrogen and oxygen atoms in total. The molecule has 0 aliphatic heterocycles. The number of aryl methyl sites for hydroxylation is 2. The number of rotatable bonds is 5. The van der Waals surface area contributed by atoms with Crippen molar-refractivity contribution in [1.82, 2.24) is 23.9 Å².